The summed E-state index contributed by atoms with van der Waals surface area (Å²) in [6.07, 6.45) is 4.41. The lowest BCUT2D eigenvalue weighted by atomic mass is 9.85. The Labute approximate surface area is 470 Å². The molecular formula is C58H77FN8O12S. The molecule has 5 aromatic rings. The number of hydrogen-bond donors (Lipinski definition) is 3. The number of aliphatic hydroxyl groups excluding tert-OH is 1. The minimum atomic E-state index is -1.98. The summed E-state index contributed by atoms with van der Waals surface area (Å²) in [5, 5.41) is 17.5. The van der Waals surface area contributed by atoms with Gasteiger partial charge in [0.2, 0.25) is 11.8 Å². The first-order valence-electron chi connectivity index (χ1n) is 27.3. The summed E-state index contributed by atoms with van der Waals surface area (Å²) in [7, 11) is 5.08. The Morgan fingerprint density at radius 2 is 1.48 bits per heavy atom. The molecule has 3 N–H and O–H groups in total. The predicted octanol–water partition coefficient (Wildman–Crippen LogP) is 4.92. The highest BCUT2D eigenvalue weighted by Gasteiger charge is 2.53. The van der Waals surface area contributed by atoms with E-state index in [1.807, 2.05) is 49.5 Å². The maximum atomic E-state index is 14.7. The SMILES string of the molecule is COc1cc(-c2cn(C)c(=O)c3cnccc23)cc(OC)c1CN1CCN(CCOCCOCCOCCOCCOc2cc(-c3scnc3C)ccc2CNC(=O)[C@@H]2C[C@@H](O)CN2C(=O)[C@@H](NC(=O)C2(F)CC2)C(C)(C)C)CC1. The maximum Gasteiger partial charge on any atom is 0.259 e. The maximum absolute atomic E-state index is 14.7. The van der Waals surface area contributed by atoms with Crippen LogP contribution in [0.3, 0.4) is 0 Å². The number of methoxy groups -OCH3 is 2. The van der Waals surface area contributed by atoms with E-state index < -0.39 is 47.0 Å². The minimum absolute atomic E-state index is 0.0155. The lowest BCUT2D eigenvalue weighted by molar-refractivity contribution is -0.145. The van der Waals surface area contributed by atoms with Gasteiger partial charge >= 0.3 is 0 Å². The molecule has 80 heavy (non-hydrogen) atoms. The van der Waals surface area contributed by atoms with Crippen LogP contribution in [-0.2, 0) is 53.5 Å². The molecule has 434 valence electrons. The van der Waals surface area contributed by atoms with Gasteiger partial charge in [-0.15, -0.1) is 11.3 Å². The van der Waals surface area contributed by atoms with Crippen LogP contribution in [0.15, 0.2) is 65.3 Å². The Balaban J connectivity index is 0.695. The molecule has 0 radical (unpaired) electrons. The largest absolute Gasteiger partial charge is 0.496 e. The van der Waals surface area contributed by atoms with Crippen LogP contribution < -0.4 is 30.4 Å². The zero-order chi connectivity index (χ0) is 57.0. The summed E-state index contributed by atoms with van der Waals surface area (Å²) < 4.78 is 57.4. The lowest BCUT2D eigenvalue weighted by Gasteiger charge is -2.35. The number of nitrogens with zero attached hydrogens (tertiary/aromatic N) is 6. The summed E-state index contributed by atoms with van der Waals surface area (Å²) >= 11 is 1.51. The van der Waals surface area contributed by atoms with Crippen molar-refractivity contribution in [2.24, 2.45) is 12.5 Å². The summed E-state index contributed by atoms with van der Waals surface area (Å²) in [6, 6.07) is 9.50. The van der Waals surface area contributed by atoms with E-state index in [2.05, 4.69) is 30.4 Å². The number of nitrogens with one attached hydrogen (secondary N) is 2. The predicted molar refractivity (Wildman–Crippen MR) is 301 cm³/mol. The number of β-amino-alcohol motifs (C(OH)–C–C–N with tert-alkyl or cyclic N) is 1. The van der Waals surface area contributed by atoms with Gasteiger partial charge in [0.1, 0.15) is 35.9 Å². The Morgan fingerprint density at radius 3 is 2.09 bits per heavy atom. The van der Waals surface area contributed by atoms with Crippen LogP contribution in [0.4, 0.5) is 4.39 Å². The number of aryl methyl sites for hydroxylation is 2. The number of piperazine rings is 1. The van der Waals surface area contributed by atoms with Crippen molar-refractivity contribution in [3.63, 3.8) is 0 Å². The number of fused-ring (bicyclic) bond motifs is 1. The fourth-order valence-electron chi connectivity index (χ4n) is 9.97. The Kier molecular flexibility index (Phi) is 20.7. The number of pyridine rings is 2. The molecule has 1 saturated carbocycles. The third kappa shape index (κ3) is 15.3. The molecular weight excluding hydrogens is 1050 g/mol. The van der Waals surface area contributed by atoms with Gasteiger partial charge in [-0.25, -0.2) is 9.37 Å². The van der Waals surface area contributed by atoms with Crippen LogP contribution in [-0.4, -0.2) is 189 Å². The normalized spacial score (nSPS) is 17.8. The van der Waals surface area contributed by atoms with Crippen LogP contribution in [0.2, 0.25) is 0 Å². The zero-order valence-corrected chi connectivity index (χ0v) is 47.9. The average Bonchev–Trinajstić information content (AvgIpc) is 3.86. The van der Waals surface area contributed by atoms with Gasteiger partial charge in [0.25, 0.3) is 11.5 Å². The van der Waals surface area contributed by atoms with E-state index in [-0.39, 0.29) is 51.1 Å². The van der Waals surface area contributed by atoms with E-state index in [1.165, 1.54) is 16.2 Å². The van der Waals surface area contributed by atoms with Gasteiger partial charge in [-0.3, -0.25) is 34.0 Å². The molecule has 2 aromatic carbocycles. The Bertz CT molecular complexity index is 2950. The smallest absolute Gasteiger partial charge is 0.259 e. The topological polar surface area (TPSA) is 218 Å². The van der Waals surface area contributed by atoms with Gasteiger partial charge in [-0.05, 0) is 66.0 Å². The van der Waals surface area contributed by atoms with E-state index in [4.69, 9.17) is 33.2 Å². The van der Waals surface area contributed by atoms with Crippen LogP contribution in [0.5, 0.6) is 17.2 Å². The van der Waals surface area contributed by atoms with Crippen molar-refractivity contribution in [3.05, 3.63) is 87.7 Å². The van der Waals surface area contributed by atoms with Crippen LogP contribution in [0.25, 0.3) is 32.3 Å². The van der Waals surface area contributed by atoms with Crippen molar-refractivity contribution < 1.29 is 57.0 Å². The van der Waals surface area contributed by atoms with E-state index in [9.17, 15) is 28.7 Å². The van der Waals surface area contributed by atoms with Gasteiger partial charge < -0.3 is 58.4 Å². The standard InChI is InChI=1S/C58H77FN8O12S/c1-38-51(80-37-62-38)39-8-9-40(32-61-53(69)47-31-42(68)34-67(47)55(71)52(57(2,3)4)63-56(72)58(59)11-12-58)48(28-39)79-27-26-78-25-24-77-23-22-76-21-20-75-19-18-65-14-16-66(17-15-65)36-46-49(73-6)29-41(30-50(46)74-7)45-35-64(5)54(70)44-33-60-13-10-43(44)45/h8-10,13,28-30,33,35,37,42,47,52,68H,11-12,14-27,31-32,34,36H2,1-7H3,(H,61,69)(H,63,72)/t42-,47+,52-/m1/s1. The summed E-state index contributed by atoms with van der Waals surface area (Å²) in [5.74, 6) is 0.144. The first kappa shape index (κ1) is 60.0. The van der Waals surface area contributed by atoms with Gasteiger partial charge in [-0.2, -0.15) is 0 Å². The fraction of sp³-hybridized carbons (Fsp3) is 0.552. The number of carbonyl (C=O) groups is 3. The van der Waals surface area contributed by atoms with E-state index in [0.29, 0.717) is 69.5 Å². The highest BCUT2D eigenvalue weighted by atomic mass is 32.1. The molecule has 0 unspecified atom stereocenters. The highest BCUT2D eigenvalue weighted by Crippen LogP contribution is 2.41. The average molecular weight is 1130 g/mol. The van der Waals surface area contributed by atoms with Gasteiger partial charge in [-0.1, -0.05) is 32.9 Å². The molecule has 8 rings (SSSR count). The quantitative estimate of drug-likeness (QED) is 0.0567. The van der Waals surface area contributed by atoms with Gasteiger partial charge in [0.15, 0.2) is 5.67 Å². The molecule has 20 nitrogen and oxygen atoms in total. The number of ether oxygens (including phenoxy) is 7. The number of halogens is 1. The number of benzene rings is 2. The number of aliphatic hydroxyl groups is 1. The van der Waals surface area contributed by atoms with Crippen molar-refractivity contribution in [3.8, 4) is 38.8 Å². The number of thiazole rings is 1. The molecule has 2 aliphatic heterocycles. The first-order valence-corrected chi connectivity index (χ1v) is 28.2. The molecule has 3 fully saturated rings. The van der Waals surface area contributed by atoms with E-state index >= 15 is 0 Å². The van der Waals surface area contributed by atoms with Crippen molar-refractivity contribution in [1.82, 2.24) is 39.9 Å². The Morgan fingerprint density at radius 1 is 0.850 bits per heavy atom. The van der Waals surface area contributed by atoms with Crippen molar-refractivity contribution in [1.29, 1.82) is 0 Å². The second-order valence-electron chi connectivity index (χ2n) is 21.6. The number of amides is 3. The molecule has 3 atom stereocenters. The molecule has 3 aromatic heterocycles. The number of carbonyl (C=O) groups excluding carboxylic acids is 3. The number of alkyl halides is 1. The van der Waals surface area contributed by atoms with E-state index in [0.717, 1.165) is 82.4 Å². The number of rotatable bonds is 28. The van der Waals surface area contributed by atoms with Crippen molar-refractivity contribution >= 4 is 39.8 Å². The monoisotopic (exact) mass is 1130 g/mol. The lowest BCUT2D eigenvalue weighted by Crippen LogP contribution is -2.59. The molecule has 22 heteroatoms. The zero-order valence-electron chi connectivity index (χ0n) is 47.1. The summed E-state index contributed by atoms with van der Waals surface area (Å²) in [6.45, 7) is 15.9. The molecule has 5 heterocycles. The minimum Gasteiger partial charge on any atom is -0.496 e. The molecule has 0 bridgehead atoms. The summed E-state index contributed by atoms with van der Waals surface area (Å²) in [4.78, 5) is 68.8. The molecule has 1 aliphatic carbocycles. The second-order valence-corrected chi connectivity index (χ2v) is 22.5. The third-order valence-electron chi connectivity index (χ3n) is 14.8. The van der Waals surface area contributed by atoms with E-state index in [1.54, 1.807) is 64.5 Å². The number of likely N-dealkylation sites (tertiary alicyclic amines) is 1. The highest BCUT2D eigenvalue weighted by molar-refractivity contribution is 7.13. The molecule has 3 aliphatic rings. The van der Waals surface area contributed by atoms with Crippen LogP contribution in [0.1, 0.15) is 56.9 Å². The molecule has 2 saturated heterocycles. The number of hydrogen-bond acceptors (Lipinski definition) is 17. The second kappa shape index (κ2) is 27.6. The molecule has 3 amide bonds. The van der Waals surface area contributed by atoms with Gasteiger partial charge in [0, 0.05) is 95.5 Å². The van der Waals surface area contributed by atoms with Crippen LogP contribution >= 0.6 is 11.3 Å². The van der Waals surface area contributed by atoms with Crippen LogP contribution in [0, 0.1) is 12.3 Å². The van der Waals surface area contributed by atoms with Crippen molar-refractivity contribution in [2.75, 3.05) is 113 Å². The molecule has 0 spiro atoms. The third-order valence-corrected chi connectivity index (χ3v) is 15.8. The Hall–Kier alpha value is -6.11. The first-order chi connectivity index (χ1) is 38.5. The van der Waals surface area contributed by atoms with Gasteiger partial charge in [0.05, 0.1) is 100 Å². The summed E-state index contributed by atoms with van der Waals surface area (Å²) in [5.41, 5.74) is 4.15. The number of aromatic nitrogens is 3. The van der Waals surface area contributed by atoms with Crippen molar-refractivity contribution in [2.45, 2.75) is 83.9 Å². The fourth-order valence-corrected chi connectivity index (χ4v) is 10.8.